The second-order valence-electron chi connectivity index (χ2n) is 5.43. The number of carbonyl (C=O) groups excluding carboxylic acids is 2. The average Bonchev–Trinajstić information content (AvgIpc) is 1.97. The fourth-order valence-corrected chi connectivity index (χ4v) is 1.33. The zero-order valence-electron chi connectivity index (χ0n) is 10.8. The molecule has 4 N–H and O–H groups in total. The number of primary amides is 1. The summed E-state index contributed by atoms with van der Waals surface area (Å²) >= 11 is 0. The summed E-state index contributed by atoms with van der Waals surface area (Å²) in [6.07, 6.45) is 0.574. The Balaban J connectivity index is 4.49. The highest BCUT2D eigenvalue weighted by molar-refractivity contribution is 5.86. The number of amides is 3. The van der Waals surface area contributed by atoms with Gasteiger partial charge in [0.2, 0.25) is 5.91 Å². The Morgan fingerprint density at radius 2 is 1.75 bits per heavy atom. The number of hydrogen-bond acceptors (Lipinski definition) is 2. The van der Waals surface area contributed by atoms with E-state index < -0.39 is 12.1 Å². The van der Waals surface area contributed by atoms with Crippen LogP contribution in [0.1, 0.15) is 41.0 Å². The fraction of sp³-hybridized carbons (Fsp3) is 0.818. The minimum atomic E-state index is -0.672. The number of urea groups is 1. The minimum Gasteiger partial charge on any atom is -0.352 e. The van der Waals surface area contributed by atoms with Crippen molar-refractivity contribution in [3.8, 4) is 0 Å². The van der Waals surface area contributed by atoms with Gasteiger partial charge in [-0.2, -0.15) is 0 Å². The van der Waals surface area contributed by atoms with E-state index in [0.717, 1.165) is 0 Å². The van der Waals surface area contributed by atoms with Crippen LogP contribution < -0.4 is 16.4 Å². The quantitative estimate of drug-likeness (QED) is 0.671. The highest BCUT2D eigenvalue weighted by atomic mass is 16.2. The van der Waals surface area contributed by atoms with Crippen molar-refractivity contribution in [2.45, 2.75) is 52.6 Å². The molecular weight excluding hydrogens is 206 g/mol. The summed E-state index contributed by atoms with van der Waals surface area (Å²) in [5.41, 5.74) is 4.73. The van der Waals surface area contributed by atoms with Crippen LogP contribution in [0, 0.1) is 5.92 Å². The van der Waals surface area contributed by atoms with E-state index in [0.29, 0.717) is 12.3 Å². The first-order valence-corrected chi connectivity index (χ1v) is 5.50. The third-order valence-electron chi connectivity index (χ3n) is 1.84. The van der Waals surface area contributed by atoms with Crippen LogP contribution in [0.3, 0.4) is 0 Å². The summed E-state index contributed by atoms with van der Waals surface area (Å²) in [6, 6.07) is -1.23. The Kier molecular flexibility index (Phi) is 5.27. The molecule has 0 bridgehead atoms. The van der Waals surface area contributed by atoms with E-state index in [1.54, 1.807) is 0 Å². The normalized spacial score (nSPS) is 13.4. The molecule has 0 saturated heterocycles. The van der Waals surface area contributed by atoms with Gasteiger partial charge >= 0.3 is 6.03 Å². The van der Waals surface area contributed by atoms with Crippen molar-refractivity contribution in [2.75, 3.05) is 0 Å². The van der Waals surface area contributed by atoms with Gasteiger partial charge in [0.25, 0.3) is 0 Å². The molecule has 0 fully saturated rings. The maximum Gasteiger partial charge on any atom is 0.312 e. The molecule has 0 aliphatic rings. The predicted octanol–water partition coefficient (Wildman–Crippen LogP) is 0.984. The van der Waals surface area contributed by atoms with Crippen LogP contribution >= 0.6 is 0 Å². The Morgan fingerprint density at radius 1 is 1.25 bits per heavy atom. The first-order valence-electron chi connectivity index (χ1n) is 5.50. The van der Waals surface area contributed by atoms with E-state index in [1.807, 2.05) is 34.6 Å². The summed E-state index contributed by atoms with van der Waals surface area (Å²) in [5, 5.41) is 5.28. The molecule has 0 aliphatic heterocycles. The summed E-state index contributed by atoms with van der Waals surface area (Å²) in [4.78, 5) is 22.6. The molecule has 0 spiro atoms. The van der Waals surface area contributed by atoms with Gasteiger partial charge in [-0.25, -0.2) is 4.79 Å². The van der Waals surface area contributed by atoms with Gasteiger partial charge in [0.15, 0.2) is 0 Å². The number of nitrogens with two attached hydrogens (primary N) is 1. The Labute approximate surface area is 97.2 Å². The van der Waals surface area contributed by atoms with Gasteiger partial charge in [-0.05, 0) is 33.1 Å². The molecule has 16 heavy (non-hydrogen) atoms. The van der Waals surface area contributed by atoms with E-state index in [-0.39, 0.29) is 11.4 Å². The highest BCUT2D eigenvalue weighted by Gasteiger charge is 2.24. The summed E-state index contributed by atoms with van der Waals surface area (Å²) in [7, 11) is 0. The molecular formula is C11H23N3O2. The molecule has 3 amide bonds. The lowest BCUT2D eigenvalue weighted by Gasteiger charge is -2.25. The number of carbonyl (C=O) groups is 2. The van der Waals surface area contributed by atoms with Crippen LogP contribution in [0.15, 0.2) is 0 Å². The van der Waals surface area contributed by atoms with Crippen molar-refractivity contribution in [1.82, 2.24) is 10.6 Å². The number of hydrogen-bond donors (Lipinski definition) is 3. The van der Waals surface area contributed by atoms with Crippen molar-refractivity contribution in [1.29, 1.82) is 0 Å². The lowest BCUT2D eigenvalue weighted by molar-refractivity contribution is -0.124. The maximum atomic E-state index is 11.8. The van der Waals surface area contributed by atoms with Crippen LogP contribution in [0.25, 0.3) is 0 Å². The van der Waals surface area contributed by atoms with Gasteiger partial charge in [0.05, 0.1) is 0 Å². The SMILES string of the molecule is CC(C)CC(NC(N)=O)C(=O)NC(C)(C)C. The topological polar surface area (TPSA) is 84.2 Å². The Morgan fingerprint density at radius 3 is 2.06 bits per heavy atom. The van der Waals surface area contributed by atoms with E-state index in [2.05, 4.69) is 10.6 Å². The summed E-state index contributed by atoms with van der Waals surface area (Å²) < 4.78 is 0. The molecule has 1 atom stereocenters. The van der Waals surface area contributed by atoms with E-state index in [9.17, 15) is 9.59 Å². The molecule has 0 heterocycles. The molecule has 0 aromatic carbocycles. The predicted molar refractivity (Wildman–Crippen MR) is 63.9 cm³/mol. The molecule has 0 aromatic heterocycles. The fourth-order valence-electron chi connectivity index (χ4n) is 1.33. The van der Waals surface area contributed by atoms with Crippen LogP contribution in [0.2, 0.25) is 0 Å². The number of nitrogens with one attached hydrogen (secondary N) is 2. The maximum absolute atomic E-state index is 11.8. The summed E-state index contributed by atoms with van der Waals surface area (Å²) in [6.45, 7) is 9.64. The van der Waals surface area contributed by atoms with Crippen molar-refractivity contribution >= 4 is 11.9 Å². The van der Waals surface area contributed by atoms with Crippen molar-refractivity contribution < 1.29 is 9.59 Å². The molecule has 0 aromatic rings. The molecule has 0 radical (unpaired) electrons. The van der Waals surface area contributed by atoms with Crippen LogP contribution in [-0.2, 0) is 4.79 Å². The zero-order valence-corrected chi connectivity index (χ0v) is 10.8. The van der Waals surface area contributed by atoms with Crippen LogP contribution in [0.5, 0.6) is 0 Å². The van der Waals surface area contributed by atoms with Crippen molar-refractivity contribution in [3.63, 3.8) is 0 Å². The van der Waals surface area contributed by atoms with Gasteiger partial charge in [-0.1, -0.05) is 13.8 Å². The molecule has 5 heteroatoms. The molecule has 94 valence electrons. The van der Waals surface area contributed by atoms with Gasteiger partial charge in [-0.3, -0.25) is 4.79 Å². The first-order chi connectivity index (χ1) is 7.11. The van der Waals surface area contributed by atoms with Crippen LogP contribution in [-0.4, -0.2) is 23.5 Å². The Hall–Kier alpha value is -1.26. The molecule has 0 rings (SSSR count). The third-order valence-corrected chi connectivity index (χ3v) is 1.84. The van der Waals surface area contributed by atoms with E-state index >= 15 is 0 Å². The third kappa shape index (κ3) is 7.09. The summed E-state index contributed by atoms with van der Waals surface area (Å²) in [5.74, 6) is 0.113. The monoisotopic (exact) mass is 229 g/mol. The number of rotatable bonds is 4. The lowest BCUT2D eigenvalue weighted by Crippen LogP contribution is -2.53. The van der Waals surface area contributed by atoms with Gasteiger partial charge < -0.3 is 16.4 Å². The minimum absolute atomic E-state index is 0.194. The van der Waals surface area contributed by atoms with Crippen molar-refractivity contribution in [3.05, 3.63) is 0 Å². The lowest BCUT2D eigenvalue weighted by atomic mass is 10.0. The molecule has 5 nitrogen and oxygen atoms in total. The first kappa shape index (κ1) is 14.7. The molecule has 0 aliphatic carbocycles. The second kappa shape index (κ2) is 5.72. The average molecular weight is 229 g/mol. The van der Waals surface area contributed by atoms with Gasteiger partial charge in [0, 0.05) is 5.54 Å². The zero-order chi connectivity index (χ0) is 12.9. The standard InChI is InChI=1S/C11H23N3O2/c1-7(2)6-8(13-10(12)16)9(15)14-11(3,4)5/h7-8H,6H2,1-5H3,(H,14,15)(H3,12,13,16). The molecule has 0 saturated carbocycles. The second-order valence-corrected chi connectivity index (χ2v) is 5.43. The smallest absolute Gasteiger partial charge is 0.312 e. The van der Waals surface area contributed by atoms with E-state index in [1.165, 1.54) is 0 Å². The Bertz CT molecular complexity index is 256. The van der Waals surface area contributed by atoms with E-state index in [4.69, 9.17) is 5.73 Å². The van der Waals surface area contributed by atoms with Crippen molar-refractivity contribution in [2.24, 2.45) is 11.7 Å². The largest absolute Gasteiger partial charge is 0.352 e. The molecule has 1 unspecified atom stereocenters. The highest BCUT2D eigenvalue weighted by Crippen LogP contribution is 2.07. The van der Waals surface area contributed by atoms with Gasteiger partial charge in [-0.15, -0.1) is 0 Å². The van der Waals surface area contributed by atoms with Gasteiger partial charge in [0.1, 0.15) is 6.04 Å². The van der Waals surface area contributed by atoms with Crippen LogP contribution in [0.4, 0.5) is 4.79 Å².